The smallest absolute Gasteiger partial charge is 0.271 e. The minimum atomic E-state index is -0.212. The number of aryl methyl sites for hydroxylation is 1. The van der Waals surface area contributed by atoms with Gasteiger partial charge in [-0.25, -0.2) is 9.97 Å². The molecule has 0 fully saturated rings. The predicted octanol–water partition coefficient (Wildman–Crippen LogP) is 3.32. The van der Waals surface area contributed by atoms with Crippen LogP contribution in [0.15, 0.2) is 36.7 Å². The molecule has 2 rings (SSSR count). The SMILES string of the molecule is CCCCCNc1cnc(C(=O)NCc2cccc(C)c2)cn1. The Balaban J connectivity index is 1.82. The van der Waals surface area contributed by atoms with Crippen molar-refractivity contribution in [3.63, 3.8) is 0 Å². The summed E-state index contributed by atoms with van der Waals surface area (Å²) >= 11 is 0. The van der Waals surface area contributed by atoms with E-state index in [1.165, 1.54) is 24.6 Å². The van der Waals surface area contributed by atoms with Crippen molar-refractivity contribution in [1.82, 2.24) is 15.3 Å². The van der Waals surface area contributed by atoms with Crippen LogP contribution in [0.25, 0.3) is 0 Å². The fourth-order valence-electron chi connectivity index (χ4n) is 2.22. The lowest BCUT2D eigenvalue weighted by Crippen LogP contribution is -2.24. The van der Waals surface area contributed by atoms with Crippen LogP contribution in [0.5, 0.6) is 0 Å². The van der Waals surface area contributed by atoms with Gasteiger partial charge >= 0.3 is 0 Å². The lowest BCUT2D eigenvalue weighted by molar-refractivity contribution is 0.0945. The second-order valence-electron chi connectivity index (χ2n) is 5.59. The van der Waals surface area contributed by atoms with Crippen molar-refractivity contribution in [3.8, 4) is 0 Å². The molecular formula is C18H24N4O. The molecule has 0 unspecified atom stereocenters. The van der Waals surface area contributed by atoms with Gasteiger partial charge in [-0.1, -0.05) is 49.6 Å². The highest BCUT2D eigenvalue weighted by atomic mass is 16.1. The maximum Gasteiger partial charge on any atom is 0.271 e. The fraction of sp³-hybridized carbons (Fsp3) is 0.389. The fourth-order valence-corrected chi connectivity index (χ4v) is 2.22. The summed E-state index contributed by atoms with van der Waals surface area (Å²) in [5.74, 6) is 0.493. The first kappa shape index (κ1) is 16.9. The summed E-state index contributed by atoms with van der Waals surface area (Å²) in [6.45, 7) is 5.56. The standard InChI is InChI=1S/C18H24N4O/c1-3-4-5-9-19-17-13-20-16(12-21-17)18(23)22-11-15-8-6-7-14(2)10-15/h6-8,10,12-13H,3-5,9,11H2,1-2H3,(H,19,21)(H,22,23). The molecule has 0 aliphatic carbocycles. The molecule has 0 aliphatic rings. The van der Waals surface area contributed by atoms with Crippen molar-refractivity contribution in [3.05, 3.63) is 53.5 Å². The van der Waals surface area contributed by atoms with Crippen LogP contribution in [0.1, 0.15) is 47.8 Å². The van der Waals surface area contributed by atoms with Gasteiger partial charge in [0.05, 0.1) is 12.4 Å². The second kappa shape index (κ2) is 8.88. The number of hydrogen-bond donors (Lipinski definition) is 2. The highest BCUT2D eigenvalue weighted by molar-refractivity contribution is 5.91. The summed E-state index contributed by atoms with van der Waals surface area (Å²) in [4.78, 5) is 20.5. The molecule has 122 valence electrons. The molecule has 5 heteroatoms. The Morgan fingerprint density at radius 3 is 2.74 bits per heavy atom. The van der Waals surface area contributed by atoms with E-state index in [0.717, 1.165) is 18.5 Å². The Morgan fingerprint density at radius 2 is 2.04 bits per heavy atom. The molecule has 0 spiro atoms. The molecule has 0 radical (unpaired) electrons. The predicted molar refractivity (Wildman–Crippen MR) is 92.4 cm³/mol. The van der Waals surface area contributed by atoms with Crippen LogP contribution in [0, 0.1) is 6.92 Å². The number of aromatic nitrogens is 2. The van der Waals surface area contributed by atoms with E-state index in [9.17, 15) is 4.79 Å². The molecule has 0 saturated carbocycles. The molecular weight excluding hydrogens is 288 g/mol. The van der Waals surface area contributed by atoms with Crippen molar-refractivity contribution >= 4 is 11.7 Å². The zero-order valence-corrected chi connectivity index (χ0v) is 13.8. The van der Waals surface area contributed by atoms with Crippen LogP contribution < -0.4 is 10.6 Å². The van der Waals surface area contributed by atoms with E-state index in [-0.39, 0.29) is 5.91 Å². The molecule has 0 saturated heterocycles. The summed E-state index contributed by atoms with van der Waals surface area (Å²) in [5, 5.41) is 6.06. The van der Waals surface area contributed by atoms with Gasteiger partial charge in [0.15, 0.2) is 0 Å². The zero-order valence-electron chi connectivity index (χ0n) is 13.8. The monoisotopic (exact) mass is 312 g/mol. The van der Waals surface area contributed by atoms with E-state index in [1.807, 2.05) is 25.1 Å². The van der Waals surface area contributed by atoms with Gasteiger partial charge in [-0.2, -0.15) is 0 Å². The Kier molecular flexibility index (Phi) is 6.54. The molecule has 5 nitrogen and oxygen atoms in total. The third-order valence-electron chi connectivity index (χ3n) is 3.51. The Labute approximate surface area is 137 Å². The van der Waals surface area contributed by atoms with Gasteiger partial charge in [-0.05, 0) is 18.9 Å². The van der Waals surface area contributed by atoms with Crippen LogP contribution in [-0.2, 0) is 6.54 Å². The highest BCUT2D eigenvalue weighted by Crippen LogP contribution is 2.05. The number of nitrogens with zero attached hydrogens (tertiary/aromatic N) is 2. The number of carbonyl (C=O) groups is 1. The quantitative estimate of drug-likeness (QED) is 0.734. The molecule has 0 aliphatic heterocycles. The minimum Gasteiger partial charge on any atom is -0.369 e. The summed E-state index contributed by atoms with van der Waals surface area (Å²) in [5.41, 5.74) is 2.58. The summed E-state index contributed by atoms with van der Waals surface area (Å²) in [6, 6.07) is 8.05. The molecule has 0 atom stereocenters. The van der Waals surface area contributed by atoms with Crippen LogP contribution in [0.2, 0.25) is 0 Å². The Bertz CT molecular complexity index is 625. The maximum absolute atomic E-state index is 12.1. The van der Waals surface area contributed by atoms with Crippen molar-refractivity contribution in [1.29, 1.82) is 0 Å². The van der Waals surface area contributed by atoms with E-state index in [2.05, 4.69) is 33.6 Å². The van der Waals surface area contributed by atoms with Gasteiger partial charge in [-0.3, -0.25) is 4.79 Å². The van der Waals surface area contributed by atoms with E-state index in [0.29, 0.717) is 18.1 Å². The third kappa shape index (κ3) is 5.70. The topological polar surface area (TPSA) is 66.9 Å². The van der Waals surface area contributed by atoms with Crippen molar-refractivity contribution in [2.75, 3.05) is 11.9 Å². The molecule has 2 N–H and O–H groups in total. The summed E-state index contributed by atoms with van der Waals surface area (Å²) in [7, 11) is 0. The molecule has 0 bridgehead atoms. The maximum atomic E-state index is 12.1. The van der Waals surface area contributed by atoms with E-state index < -0.39 is 0 Å². The number of carbonyl (C=O) groups excluding carboxylic acids is 1. The molecule has 23 heavy (non-hydrogen) atoms. The zero-order chi connectivity index (χ0) is 16.5. The summed E-state index contributed by atoms with van der Waals surface area (Å²) in [6.07, 6.45) is 6.60. The van der Waals surface area contributed by atoms with E-state index in [4.69, 9.17) is 0 Å². The minimum absolute atomic E-state index is 0.212. The number of nitrogens with one attached hydrogen (secondary N) is 2. The van der Waals surface area contributed by atoms with Gasteiger partial charge in [0.25, 0.3) is 5.91 Å². The largest absolute Gasteiger partial charge is 0.369 e. The average molecular weight is 312 g/mol. The first-order chi connectivity index (χ1) is 11.2. The average Bonchev–Trinajstić information content (AvgIpc) is 2.57. The van der Waals surface area contributed by atoms with Crippen LogP contribution in [0.3, 0.4) is 0 Å². The number of hydrogen-bond acceptors (Lipinski definition) is 4. The molecule has 1 aromatic carbocycles. The van der Waals surface area contributed by atoms with Crippen LogP contribution >= 0.6 is 0 Å². The van der Waals surface area contributed by atoms with Gasteiger partial charge in [0.1, 0.15) is 11.5 Å². The molecule has 1 amide bonds. The van der Waals surface area contributed by atoms with E-state index >= 15 is 0 Å². The second-order valence-corrected chi connectivity index (χ2v) is 5.59. The van der Waals surface area contributed by atoms with Crippen LogP contribution in [-0.4, -0.2) is 22.4 Å². The third-order valence-corrected chi connectivity index (χ3v) is 3.51. The normalized spacial score (nSPS) is 10.3. The number of benzene rings is 1. The van der Waals surface area contributed by atoms with Crippen molar-refractivity contribution < 1.29 is 4.79 Å². The van der Waals surface area contributed by atoms with E-state index in [1.54, 1.807) is 6.20 Å². The number of unbranched alkanes of at least 4 members (excludes halogenated alkanes) is 2. The highest BCUT2D eigenvalue weighted by Gasteiger charge is 2.07. The molecule has 2 aromatic rings. The lowest BCUT2D eigenvalue weighted by atomic mass is 10.1. The van der Waals surface area contributed by atoms with Gasteiger partial charge in [-0.15, -0.1) is 0 Å². The van der Waals surface area contributed by atoms with Crippen molar-refractivity contribution in [2.24, 2.45) is 0 Å². The number of rotatable bonds is 8. The molecule has 1 heterocycles. The Hall–Kier alpha value is -2.43. The van der Waals surface area contributed by atoms with Gasteiger partial charge < -0.3 is 10.6 Å². The first-order valence-electron chi connectivity index (χ1n) is 8.08. The van der Waals surface area contributed by atoms with Crippen LogP contribution in [0.4, 0.5) is 5.82 Å². The van der Waals surface area contributed by atoms with Gasteiger partial charge in [0, 0.05) is 13.1 Å². The summed E-state index contributed by atoms with van der Waals surface area (Å²) < 4.78 is 0. The lowest BCUT2D eigenvalue weighted by Gasteiger charge is -2.07. The van der Waals surface area contributed by atoms with Crippen molar-refractivity contribution in [2.45, 2.75) is 39.7 Å². The Morgan fingerprint density at radius 1 is 1.17 bits per heavy atom. The van der Waals surface area contributed by atoms with Gasteiger partial charge in [0.2, 0.25) is 0 Å². The first-order valence-corrected chi connectivity index (χ1v) is 8.08. The number of anilines is 1. The number of amides is 1. The molecule has 1 aromatic heterocycles.